The van der Waals surface area contributed by atoms with Crippen LogP contribution >= 0.6 is 23.1 Å². The highest BCUT2D eigenvalue weighted by molar-refractivity contribution is 8.02. The number of hydrogen-bond acceptors (Lipinski definition) is 5. The van der Waals surface area contributed by atoms with Gasteiger partial charge in [0.2, 0.25) is 0 Å². The van der Waals surface area contributed by atoms with Crippen LogP contribution in [-0.2, 0) is 4.79 Å². The molecule has 1 aromatic rings. The summed E-state index contributed by atoms with van der Waals surface area (Å²) in [6.07, 6.45) is 13.8. The van der Waals surface area contributed by atoms with Gasteiger partial charge in [-0.1, -0.05) is 30.3 Å². The van der Waals surface area contributed by atoms with Crippen LogP contribution in [0.4, 0.5) is 4.79 Å². The monoisotopic (exact) mass is 437 g/mol. The molecule has 1 heterocycles. The second kappa shape index (κ2) is 11.0. The molecule has 3 rings (SSSR count). The lowest BCUT2D eigenvalue weighted by atomic mass is 9.86. The molecular weight excluding hydrogens is 406 g/mol. The van der Waals surface area contributed by atoms with Crippen LogP contribution in [0.1, 0.15) is 64.7 Å². The van der Waals surface area contributed by atoms with E-state index in [4.69, 9.17) is 0 Å². The fourth-order valence-corrected chi connectivity index (χ4v) is 5.72. The van der Waals surface area contributed by atoms with Crippen molar-refractivity contribution in [2.45, 2.75) is 80.3 Å². The number of carbonyl (C=O) groups is 2. The maximum Gasteiger partial charge on any atom is 0.337 e. The maximum absolute atomic E-state index is 13.1. The quantitative estimate of drug-likeness (QED) is 0.335. The zero-order chi connectivity index (χ0) is 20.6. The highest BCUT2D eigenvalue weighted by Crippen LogP contribution is 2.30. The van der Waals surface area contributed by atoms with Crippen LogP contribution in [0, 0.1) is 5.92 Å². The van der Waals surface area contributed by atoms with Crippen LogP contribution in [0.25, 0.3) is 0 Å². The van der Waals surface area contributed by atoms with Crippen LogP contribution in [0.2, 0.25) is 0 Å². The molecule has 0 aromatic carbocycles. The molecule has 29 heavy (non-hydrogen) atoms. The predicted octanol–water partition coefficient (Wildman–Crippen LogP) is 5.13. The number of amides is 2. The van der Waals surface area contributed by atoms with Crippen LogP contribution in [0.5, 0.6) is 0 Å². The minimum absolute atomic E-state index is 0.193. The standard InChI is InChI=1S/C21H31N3O3S2/c1-15-7-9-17(10-8-15)24(12-11-16-5-3-2-4-6-16)21(27)23-19(20(25)26)29-18-13-22-14-28-18/h5,13-15,17,19H,2-4,6-12H2,1H3,(H,23,27)(H,25,26). The molecule has 2 N–H and O–H groups in total. The van der Waals surface area contributed by atoms with Gasteiger partial charge >= 0.3 is 12.0 Å². The van der Waals surface area contributed by atoms with E-state index in [-0.39, 0.29) is 12.1 Å². The number of thioether (sulfide) groups is 1. The van der Waals surface area contributed by atoms with E-state index in [2.05, 4.69) is 23.3 Å². The molecule has 1 fully saturated rings. The molecule has 0 aliphatic heterocycles. The smallest absolute Gasteiger partial charge is 0.337 e. The number of urea groups is 1. The molecule has 8 heteroatoms. The lowest BCUT2D eigenvalue weighted by molar-refractivity contribution is -0.136. The van der Waals surface area contributed by atoms with Gasteiger partial charge in [0.1, 0.15) is 0 Å². The van der Waals surface area contributed by atoms with Crippen molar-refractivity contribution in [1.82, 2.24) is 15.2 Å². The number of rotatable bonds is 8. The number of carboxylic acids is 1. The molecule has 0 saturated heterocycles. The summed E-state index contributed by atoms with van der Waals surface area (Å²) in [5.41, 5.74) is 3.10. The molecule has 1 saturated carbocycles. The normalized spacial score (nSPS) is 23.1. The number of aliphatic carboxylic acids is 1. The summed E-state index contributed by atoms with van der Waals surface area (Å²) < 4.78 is 0.781. The Balaban J connectivity index is 1.66. The second-order valence-corrected chi connectivity index (χ2v) is 10.4. The fraction of sp³-hybridized carbons (Fsp3) is 0.667. The summed E-state index contributed by atoms with van der Waals surface area (Å²) >= 11 is 2.51. The molecule has 1 atom stereocenters. The van der Waals surface area contributed by atoms with Crippen LogP contribution in [0.3, 0.4) is 0 Å². The number of carboxylic acid groups (broad SMARTS) is 1. The van der Waals surface area contributed by atoms with Crippen LogP contribution in [-0.4, -0.2) is 45.0 Å². The number of nitrogens with one attached hydrogen (secondary N) is 1. The number of allylic oxidation sites excluding steroid dienone is 1. The third-order valence-corrected chi connectivity index (χ3v) is 7.90. The molecule has 2 aliphatic rings. The number of hydrogen-bond donors (Lipinski definition) is 2. The van der Waals surface area contributed by atoms with Crippen molar-refractivity contribution in [3.63, 3.8) is 0 Å². The zero-order valence-electron chi connectivity index (χ0n) is 17.0. The minimum Gasteiger partial charge on any atom is -0.479 e. The molecule has 0 bridgehead atoms. The Morgan fingerprint density at radius 2 is 2.14 bits per heavy atom. The Morgan fingerprint density at radius 1 is 1.34 bits per heavy atom. The van der Waals surface area contributed by atoms with Crippen LogP contribution in [0.15, 0.2) is 27.6 Å². The minimum atomic E-state index is -1.04. The number of nitrogens with zero attached hydrogens (tertiary/aromatic N) is 2. The van der Waals surface area contributed by atoms with E-state index in [0.717, 1.165) is 60.9 Å². The first-order valence-electron chi connectivity index (χ1n) is 10.6. The van der Waals surface area contributed by atoms with Gasteiger partial charge in [-0.2, -0.15) is 0 Å². The molecule has 0 radical (unpaired) electrons. The van der Waals surface area contributed by atoms with Crippen molar-refractivity contribution < 1.29 is 14.7 Å². The average Bonchev–Trinajstić information content (AvgIpc) is 3.23. The first kappa shape index (κ1) is 22.2. The third-order valence-electron chi connectivity index (χ3n) is 5.87. The van der Waals surface area contributed by atoms with Gasteiger partial charge in [0.15, 0.2) is 5.37 Å². The molecule has 1 unspecified atom stereocenters. The van der Waals surface area contributed by atoms with Gasteiger partial charge in [-0.3, -0.25) is 4.98 Å². The van der Waals surface area contributed by atoms with E-state index < -0.39 is 11.3 Å². The number of carbonyl (C=O) groups excluding carboxylic acids is 1. The lowest BCUT2D eigenvalue weighted by Gasteiger charge is -2.37. The van der Waals surface area contributed by atoms with Crippen molar-refractivity contribution in [1.29, 1.82) is 0 Å². The Morgan fingerprint density at radius 3 is 2.76 bits per heavy atom. The van der Waals surface area contributed by atoms with E-state index in [1.54, 1.807) is 11.7 Å². The summed E-state index contributed by atoms with van der Waals surface area (Å²) in [5, 5.41) is 11.4. The van der Waals surface area contributed by atoms with E-state index >= 15 is 0 Å². The van der Waals surface area contributed by atoms with E-state index in [0.29, 0.717) is 12.5 Å². The van der Waals surface area contributed by atoms with Gasteiger partial charge in [-0.05, 0) is 63.7 Å². The summed E-state index contributed by atoms with van der Waals surface area (Å²) in [4.78, 5) is 30.8. The van der Waals surface area contributed by atoms with Gasteiger partial charge in [0, 0.05) is 12.6 Å². The van der Waals surface area contributed by atoms with E-state index in [9.17, 15) is 14.7 Å². The maximum atomic E-state index is 13.1. The Kier molecular flexibility index (Phi) is 8.41. The number of thiazole rings is 1. The molecular formula is C21H31N3O3S2. The van der Waals surface area contributed by atoms with Crippen molar-refractivity contribution in [3.05, 3.63) is 23.4 Å². The Hall–Kier alpha value is -1.54. The molecule has 2 amide bonds. The Labute approximate surface area is 181 Å². The molecule has 0 spiro atoms. The van der Waals surface area contributed by atoms with Gasteiger partial charge in [-0.25, -0.2) is 9.59 Å². The Bertz CT molecular complexity index is 700. The largest absolute Gasteiger partial charge is 0.479 e. The predicted molar refractivity (Wildman–Crippen MR) is 117 cm³/mol. The lowest BCUT2D eigenvalue weighted by Crippen LogP contribution is -2.51. The van der Waals surface area contributed by atoms with E-state index in [1.165, 1.54) is 29.8 Å². The molecule has 1 aromatic heterocycles. The van der Waals surface area contributed by atoms with Crippen molar-refractivity contribution in [2.75, 3.05) is 6.54 Å². The summed E-state index contributed by atoms with van der Waals surface area (Å²) in [6, 6.07) is -0.0661. The van der Waals surface area contributed by atoms with Gasteiger partial charge in [0.05, 0.1) is 15.9 Å². The highest BCUT2D eigenvalue weighted by atomic mass is 32.2. The molecule has 6 nitrogen and oxygen atoms in total. The number of aromatic nitrogens is 1. The van der Waals surface area contributed by atoms with Gasteiger partial charge in [-0.15, -0.1) is 11.3 Å². The highest BCUT2D eigenvalue weighted by Gasteiger charge is 2.31. The summed E-state index contributed by atoms with van der Waals surface area (Å²) in [7, 11) is 0. The topological polar surface area (TPSA) is 82.5 Å². The first-order chi connectivity index (χ1) is 14.0. The SMILES string of the molecule is CC1CCC(N(CCC2=CCCCC2)C(=O)NC(Sc2cncs2)C(=O)O)CC1. The first-order valence-corrected chi connectivity index (χ1v) is 12.3. The van der Waals surface area contributed by atoms with Crippen LogP contribution < -0.4 is 5.32 Å². The average molecular weight is 438 g/mol. The van der Waals surface area contributed by atoms with Crippen molar-refractivity contribution >= 4 is 35.1 Å². The van der Waals surface area contributed by atoms with Crippen molar-refractivity contribution in [2.24, 2.45) is 5.92 Å². The summed E-state index contributed by atoms with van der Waals surface area (Å²) in [5.74, 6) is -0.338. The summed E-state index contributed by atoms with van der Waals surface area (Å²) in [6.45, 7) is 2.92. The van der Waals surface area contributed by atoms with Crippen molar-refractivity contribution in [3.8, 4) is 0 Å². The molecule has 2 aliphatic carbocycles. The second-order valence-electron chi connectivity index (χ2n) is 8.07. The van der Waals surface area contributed by atoms with E-state index in [1.807, 2.05) is 4.90 Å². The fourth-order valence-electron chi connectivity index (χ4n) is 4.11. The third kappa shape index (κ3) is 6.74. The zero-order valence-corrected chi connectivity index (χ0v) is 18.6. The van der Waals surface area contributed by atoms with Gasteiger partial charge < -0.3 is 15.3 Å². The van der Waals surface area contributed by atoms with Gasteiger partial charge in [0.25, 0.3) is 0 Å². The molecule has 160 valence electrons.